The van der Waals surface area contributed by atoms with Gasteiger partial charge < -0.3 is 10.1 Å². The van der Waals surface area contributed by atoms with Crippen LogP contribution in [0.5, 0.6) is 0 Å². The Balaban J connectivity index is 2.00. The Morgan fingerprint density at radius 1 is 1.50 bits per heavy atom. The molecule has 0 amide bonds. The largest absolute Gasteiger partial charge is 0.382 e. The van der Waals surface area contributed by atoms with Crippen LogP contribution in [-0.4, -0.2) is 18.8 Å². The molecule has 1 aromatic carbocycles. The van der Waals surface area contributed by atoms with E-state index in [-0.39, 0.29) is 0 Å². The van der Waals surface area contributed by atoms with Gasteiger partial charge in [0.25, 0.3) is 0 Å². The van der Waals surface area contributed by atoms with Crippen molar-refractivity contribution in [3.63, 3.8) is 0 Å². The van der Waals surface area contributed by atoms with E-state index < -0.39 is 0 Å². The van der Waals surface area contributed by atoms with E-state index in [9.17, 15) is 0 Å². The van der Waals surface area contributed by atoms with Gasteiger partial charge in [0.05, 0.1) is 17.7 Å². The van der Waals surface area contributed by atoms with Crippen molar-refractivity contribution >= 4 is 5.69 Å². The first-order valence-corrected chi connectivity index (χ1v) is 5.66. The van der Waals surface area contributed by atoms with Gasteiger partial charge in [0.2, 0.25) is 0 Å². The molecule has 1 aromatic rings. The molecule has 1 fully saturated rings. The van der Waals surface area contributed by atoms with Crippen molar-refractivity contribution in [2.24, 2.45) is 0 Å². The number of anilines is 1. The highest BCUT2D eigenvalue weighted by molar-refractivity contribution is 5.49. The lowest BCUT2D eigenvalue weighted by Crippen LogP contribution is -2.32. The molecule has 0 bridgehead atoms. The molecular weight excluding hydrogens is 200 g/mol. The second kappa shape index (κ2) is 5.00. The van der Waals surface area contributed by atoms with Crippen LogP contribution in [0.1, 0.15) is 25.3 Å². The molecule has 1 heterocycles. The summed E-state index contributed by atoms with van der Waals surface area (Å²) >= 11 is 0. The summed E-state index contributed by atoms with van der Waals surface area (Å²) in [6.07, 6.45) is 2.38. The van der Waals surface area contributed by atoms with Gasteiger partial charge in [-0.3, -0.25) is 0 Å². The van der Waals surface area contributed by atoms with E-state index in [1.54, 1.807) is 0 Å². The third-order valence-corrected chi connectivity index (χ3v) is 2.85. The van der Waals surface area contributed by atoms with Crippen molar-refractivity contribution in [1.29, 1.82) is 5.26 Å². The number of hydrogen-bond acceptors (Lipinski definition) is 3. The maximum Gasteiger partial charge on any atom is 0.0992 e. The number of nitrogens with one attached hydrogen (secondary N) is 1. The number of nitrogens with zero attached hydrogens (tertiary/aromatic N) is 1. The summed E-state index contributed by atoms with van der Waals surface area (Å²) in [4.78, 5) is 0. The van der Waals surface area contributed by atoms with Crippen molar-refractivity contribution < 1.29 is 4.74 Å². The van der Waals surface area contributed by atoms with E-state index in [2.05, 4.69) is 18.3 Å². The Hall–Kier alpha value is -1.53. The number of benzene rings is 1. The minimum absolute atomic E-state index is 0.324. The SMILES string of the molecule is CC1CC(Nc2cccc(C#N)c2)CCO1. The molecule has 2 unspecified atom stereocenters. The fourth-order valence-corrected chi connectivity index (χ4v) is 2.04. The van der Waals surface area contributed by atoms with Crippen LogP contribution in [0.2, 0.25) is 0 Å². The highest BCUT2D eigenvalue weighted by atomic mass is 16.5. The zero-order chi connectivity index (χ0) is 11.4. The number of rotatable bonds is 2. The monoisotopic (exact) mass is 216 g/mol. The average Bonchev–Trinajstić information content (AvgIpc) is 2.29. The summed E-state index contributed by atoms with van der Waals surface area (Å²) in [7, 11) is 0. The Morgan fingerprint density at radius 3 is 3.12 bits per heavy atom. The fourth-order valence-electron chi connectivity index (χ4n) is 2.04. The van der Waals surface area contributed by atoms with Crippen LogP contribution in [-0.2, 0) is 4.74 Å². The van der Waals surface area contributed by atoms with Crippen LogP contribution in [0.4, 0.5) is 5.69 Å². The number of ether oxygens (including phenoxy) is 1. The summed E-state index contributed by atoms with van der Waals surface area (Å²) in [6.45, 7) is 2.91. The van der Waals surface area contributed by atoms with Crippen LogP contribution in [0, 0.1) is 11.3 Å². The van der Waals surface area contributed by atoms with Gasteiger partial charge in [-0.15, -0.1) is 0 Å². The van der Waals surface area contributed by atoms with Crippen molar-refractivity contribution in [2.75, 3.05) is 11.9 Å². The lowest BCUT2D eigenvalue weighted by Gasteiger charge is -2.28. The van der Waals surface area contributed by atoms with Gasteiger partial charge in [-0.25, -0.2) is 0 Å². The molecule has 16 heavy (non-hydrogen) atoms. The maximum absolute atomic E-state index is 8.81. The quantitative estimate of drug-likeness (QED) is 0.826. The van der Waals surface area contributed by atoms with Crippen LogP contribution in [0.3, 0.4) is 0 Å². The molecule has 84 valence electrons. The lowest BCUT2D eigenvalue weighted by atomic mass is 10.0. The molecule has 3 nitrogen and oxygen atoms in total. The summed E-state index contributed by atoms with van der Waals surface area (Å²) in [6, 6.07) is 10.2. The average molecular weight is 216 g/mol. The second-order valence-electron chi connectivity index (χ2n) is 4.24. The second-order valence-corrected chi connectivity index (χ2v) is 4.24. The Bertz CT molecular complexity index is 397. The molecule has 1 N–H and O–H groups in total. The van der Waals surface area contributed by atoms with Crippen LogP contribution in [0.25, 0.3) is 0 Å². The van der Waals surface area contributed by atoms with Crippen LogP contribution in [0.15, 0.2) is 24.3 Å². The van der Waals surface area contributed by atoms with Gasteiger partial charge in [0.15, 0.2) is 0 Å². The van der Waals surface area contributed by atoms with Crippen LogP contribution >= 0.6 is 0 Å². The number of nitriles is 1. The Kier molecular flexibility index (Phi) is 3.43. The molecule has 0 radical (unpaired) electrons. The lowest BCUT2D eigenvalue weighted by molar-refractivity contribution is 0.0232. The van der Waals surface area contributed by atoms with E-state index in [1.807, 2.05) is 24.3 Å². The first kappa shape index (κ1) is 11.0. The zero-order valence-corrected chi connectivity index (χ0v) is 9.44. The Labute approximate surface area is 96.0 Å². The first-order valence-electron chi connectivity index (χ1n) is 5.66. The highest BCUT2D eigenvalue weighted by Crippen LogP contribution is 2.19. The van der Waals surface area contributed by atoms with E-state index in [0.717, 1.165) is 25.1 Å². The topological polar surface area (TPSA) is 45.0 Å². The molecule has 0 aromatic heterocycles. The predicted octanol–water partition coefficient (Wildman–Crippen LogP) is 2.54. The molecule has 3 heteroatoms. The van der Waals surface area contributed by atoms with E-state index in [0.29, 0.717) is 17.7 Å². The molecule has 0 aliphatic carbocycles. The predicted molar refractivity (Wildman–Crippen MR) is 63.2 cm³/mol. The van der Waals surface area contributed by atoms with Gasteiger partial charge in [0, 0.05) is 18.3 Å². The van der Waals surface area contributed by atoms with Gasteiger partial charge in [0.1, 0.15) is 0 Å². The van der Waals surface area contributed by atoms with Crippen molar-refractivity contribution in [3.05, 3.63) is 29.8 Å². The van der Waals surface area contributed by atoms with Gasteiger partial charge in [-0.1, -0.05) is 6.07 Å². The van der Waals surface area contributed by atoms with Gasteiger partial charge in [-0.2, -0.15) is 5.26 Å². The van der Waals surface area contributed by atoms with Crippen molar-refractivity contribution in [2.45, 2.75) is 31.9 Å². The summed E-state index contributed by atoms with van der Waals surface area (Å²) in [5, 5.41) is 12.3. The Morgan fingerprint density at radius 2 is 2.38 bits per heavy atom. The van der Waals surface area contributed by atoms with Gasteiger partial charge in [-0.05, 0) is 38.0 Å². The minimum atomic E-state index is 0.324. The molecule has 0 saturated carbocycles. The molecule has 0 spiro atoms. The molecule has 2 rings (SSSR count). The van der Waals surface area contributed by atoms with Crippen LogP contribution < -0.4 is 5.32 Å². The molecular formula is C13H16N2O. The number of hydrogen-bond donors (Lipinski definition) is 1. The summed E-state index contributed by atoms with van der Waals surface area (Å²) < 4.78 is 5.50. The molecule has 2 atom stereocenters. The van der Waals surface area contributed by atoms with Crippen molar-refractivity contribution in [3.8, 4) is 6.07 Å². The smallest absolute Gasteiger partial charge is 0.0992 e. The molecule has 1 aliphatic heterocycles. The minimum Gasteiger partial charge on any atom is -0.382 e. The zero-order valence-electron chi connectivity index (χ0n) is 9.44. The molecule has 1 saturated heterocycles. The maximum atomic E-state index is 8.81. The van der Waals surface area contributed by atoms with Crippen molar-refractivity contribution in [1.82, 2.24) is 0 Å². The standard InChI is InChI=1S/C13H16N2O/c1-10-7-13(5-6-16-10)15-12-4-2-3-11(8-12)9-14/h2-4,8,10,13,15H,5-7H2,1H3. The fraction of sp³-hybridized carbons (Fsp3) is 0.462. The third-order valence-electron chi connectivity index (χ3n) is 2.85. The van der Waals surface area contributed by atoms with E-state index in [4.69, 9.17) is 10.00 Å². The summed E-state index contributed by atoms with van der Waals surface area (Å²) in [5.41, 5.74) is 1.73. The first-order chi connectivity index (χ1) is 7.78. The van der Waals surface area contributed by atoms with E-state index in [1.165, 1.54) is 0 Å². The van der Waals surface area contributed by atoms with Gasteiger partial charge >= 0.3 is 0 Å². The summed E-state index contributed by atoms with van der Waals surface area (Å²) in [5.74, 6) is 0. The highest BCUT2D eigenvalue weighted by Gasteiger charge is 2.18. The third kappa shape index (κ3) is 2.74. The normalized spacial score (nSPS) is 24.8. The molecule has 1 aliphatic rings. The van der Waals surface area contributed by atoms with E-state index >= 15 is 0 Å².